The molecule has 0 radical (unpaired) electrons. The van der Waals surface area contributed by atoms with E-state index in [0.29, 0.717) is 0 Å². The van der Waals surface area contributed by atoms with Crippen LogP contribution in [0.3, 0.4) is 0 Å². The Morgan fingerprint density at radius 2 is 2.14 bits per heavy atom. The van der Waals surface area contributed by atoms with E-state index in [1.54, 1.807) is 7.11 Å². The highest BCUT2D eigenvalue weighted by Gasteiger charge is 1.66. The Morgan fingerprint density at radius 1 is 1.43 bits per heavy atom. The van der Waals surface area contributed by atoms with Crippen LogP contribution in [-0.2, 0) is 4.74 Å². The largest absolute Gasteiger partial charge is 0.381 e. The van der Waals surface area contributed by atoms with E-state index in [9.17, 15) is 0 Å². The fourth-order valence-electron chi connectivity index (χ4n) is 0.331. The van der Waals surface area contributed by atoms with E-state index in [2.05, 4.69) is 13.0 Å². The van der Waals surface area contributed by atoms with Crippen molar-refractivity contribution in [3.05, 3.63) is 12.2 Å². The highest BCUT2D eigenvalue weighted by Crippen LogP contribution is 1.77. The lowest BCUT2D eigenvalue weighted by atomic mass is 10.4. The summed E-state index contributed by atoms with van der Waals surface area (Å²) in [6.07, 6.45) is 5.20. The molecule has 0 amide bonds. The Bertz CT molecular complexity index is 48.1. The van der Waals surface area contributed by atoms with Crippen LogP contribution >= 0.6 is 0 Å². The van der Waals surface area contributed by atoms with E-state index in [1.807, 2.05) is 6.08 Å². The molecular weight excluding hydrogens is 88.1 g/mol. The molecule has 1 heteroatoms. The number of methoxy groups -OCH3 is 1. The van der Waals surface area contributed by atoms with Gasteiger partial charge in [0, 0.05) is 7.11 Å². The number of allylic oxidation sites excluding steroid dienone is 1. The molecule has 0 aliphatic carbocycles. The Kier molecular flexibility index (Phi) is 5.46. The van der Waals surface area contributed by atoms with Gasteiger partial charge in [-0.15, -0.1) is 0 Å². The van der Waals surface area contributed by atoms with E-state index in [4.69, 9.17) is 4.74 Å². The maximum atomic E-state index is 4.76. The van der Waals surface area contributed by atoms with Crippen molar-refractivity contribution in [2.75, 3.05) is 13.7 Å². The summed E-state index contributed by atoms with van der Waals surface area (Å²) in [6.45, 7) is 2.85. The molecule has 0 fully saturated rings. The summed E-state index contributed by atoms with van der Waals surface area (Å²) < 4.78 is 4.76. The zero-order valence-corrected chi connectivity index (χ0v) is 4.98. The van der Waals surface area contributed by atoms with Gasteiger partial charge in [-0.25, -0.2) is 0 Å². The molecule has 0 atom stereocenters. The molecule has 0 saturated carbocycles. The fraction of sp³-hybridized carbons (Fsp3) is 0.667. The van der Waals surface area contributed by atoms with Crippen LogP contribution in [0, 0.1) is 0 Å². The smallest absolute Gasteiger partial charge is 0.0643 e. The molecule has 0 spiro atoms. The van der Waals surface area contributed by atoms with Gasteiger partial charge in [0.1, 0.15) is 0 Å². The monoisotopic (exact) mass is 100 g/mol. The van der Waals surface area contributed by atoms with Crippen molar-refractivity contribution < 1.29 is 4.74 Å². The third kappa shape index (κ3) is 5.70. The maximum absolute atomic E-state index is 4.76. The first-order valence-electron chi connectivity index (χ1n) is 2.55. The quantitative estimate of drug-likeness (QED) is 0.489. The second-order valence-corrected chi connectivity index (χ2v) is 1.33. The molecule has 0 heterocycles. The minimum absolute atomic E-state index is 0.744. The third-order valence-corrected chi connectivity index (χ3v) is 0.665. The summed E-state index contributed by atoms with van der Waals surface area (Å²) in [4.78, 5) is 0. The van der Waals surface area contributed by atoms with Crippen molar-refractivity contribution in [3.63, 3.8) is 0 Å². The van der Waals surface area contributed by atoms with Gasteiger partial charge in [0.25, 0.3) is 0 Å². The molecule has 0 bridgehead atoms. The molecule has 0 unspecified atom stereocenters. The fourth-order valence-corrected chi connectivity index (χ4v) is 0.331. The predicted octanol–water partition coefficient (Wildman–Crippen LogP) is 1.60. The van der Waals surface area contributed by atoms with Crippen molar-refractivity contribution >= 4 is 0 Å². The van der Waals surface area contributed by atoms with Crippen LogP contribution in [0.4, 0.5) is 0 Å². The summed E-state index contributed by atoms with van der Waals surface area (Å²) in [6, 6.07) is 0. The molecule has 0 saturated heterocycles. The van der Waals surface area contributed by atoms with Gasteiger partial charge in [0.2, 0.25) is 0 Å². The molecule has 1 nitrogen and oxygen atoms in total. The van der Waals surface area contributed by atoms with Gasteiger partial charge in [-0.1, -0.05) is 19.1 Å². The maximum Gasteiger partial charge on any atom is 0.0643 e. The van der Waals surface area contributed by atoms with Crippen molar-refractivity contribution in [2.24, 2.45) is 0 Å². The van der Waals surface area contributed by atoms with E-state index in [0.717, 1.165) is 13.0 Å². The highest BCUT2D eigenvalue weighted by molar-refractivity contribution is 4.79. The van der Waals surface area contributed by atoms with Gasteiger partial charge in [-0.05, 0) is 6.42 Å². The SMILES string of the molecule is CC/C=C/COC. The summed E-state index contributed by atoms with van der Waals surface area (Å²) >= 11 is 0. The second kappa shape index (κ2) is 5.70. The lowest BCUT2D eigenvalue weighted by Gasteiger charge is -1.83. The first-order valence-corrected chi connectivity index (χ1v) is 2.55. The minimum atomic E-state index is 0.744. The average molecular weight is 100 g/mol. The molecule has 0 aliphatic heterocycles. The van der Waals surface area contributed by atoms with Crippen molar-refractivity contribution in [1.82, 2.24) is 0 Å². The molecule has 7 heavy (non-hydrogen) atoms. The summed E-state index contributed by atoms with van der Waals surface area (Å²) in [5, 5.41) is 0. The molecule has 0 aromatic heterocycles. The van der Waals surface area contributed by atoms with Crippen LogP contribution in [0.15, 0.2) is 12.2 Å². The summed E-state index contributed by atoms with van der Waals surface area (Å²) in [5.74, 6) is 0. The Morgan fingerprint density at radius 3 is 2.57 bits per heavy atom. The molecule has 0 aliphatic rings. The number of hydrogen-bond donors (Lipinski definition) is 0. The summed E-state index contributed by atoms with van der Waals surface area (Å²) in [7, 11) is 1.69. The van der Waals surface area contributed by atoms with Crippen LogP contribution in [-0.4, -0.2) is 13.7 Å². The average Bonchev–Trinajstić information content (AvgIpc) is 1.69. The zero-order valence-electron chi connectivity index (χ0n) is 4.98. The summed E-state index contributed by atoms with van der Waals surface area (Å²) in [5.41, 5.74) is 0. The molecule has 0 aromatic rings. The first-order chi connectivity index (χ1) is 3.41. The van der Waals surface area contributed by atoms with Gasteiger partial charge >= 0.3 is 0 Å². The second-order valence-electron chi connectivity index (χ2n) is 1.33. The van der Waals surface area contributed by atoms with Gasteiger partial charge in [0.05, 0.1) is 6.61 Å². The van der Waals surface area contributed by atoms with Gasteiger partial charge < -0.3 is 4.74 Å². The van der Waals surface area contributed by atoms with Crippen LogP contribution < -0.4 is 0 Å². The molecule has 0 aromatic carbocycles. The van der Waals surface area contributed by atoms with Crippen LogP contribution in [0.25, 0.3) is 0 Å². The standard InChI is InChI=1S/C6H12O/c1-3-4-5-6-7-2/h4-5H,3,6H2,1-2H3/b5-4+. The number of hydrogen-bond acceptors (Lipinski definition) is 1. The normalized spacial score (nSPS) is 10.6. The lowest BCUT2D eigenvalue weighted by Crippen LogP contribution is -1.78. The molecule has 0 N–H and O–H groups in total. The van der Waals surface area contributed by atoms with E-state index in [1.165, 1.54) is 0 Å². The number of rotatable bonds is 3. The van der Waals surface area contributed by atoms with E-state index >= 15 is 0 Å². The predicted molar refractivity (Wildman–Crippen MR) is 31.3 cm³/mol. The third-order valence-electron chi connectivity index (χ3n) is 0.665. The Hall–Kier alpha value is -0.300. The first kappa shape index (κ1) is 6.70. The van der Waals surface area contributed by atoms with E-state index < -0.39 is 0 Å². The molecule has 42 valence electrons. The molecular formula is C6H12O. The molecule has 0 rings (SSSR count). The van der Waals surface area contributed by atoms with Crippen molar-refractivity contribution in [1.29, 1.82) is 0 Å². The van der Waals surface area contributed by atoms with Gasteiger partial charge in [-0.2, -0.15) is 0 Å². The number of ether oxygens (including phenoxy) is 1. The topological polar surface area (TPSA) is 9.23 Å². The van der Waals surface area contributed by atoms with E-state index in [-0.39, 0.29) is 0 Å². The lowest BCUT2D eigenvalue weighted by molar-refractivity contribution is 0.233. The van der Waals surface area contributed by atoms with Crippen LogP contribution in [0.2, 0.25) is 0 Å². The Labute approximate surface area is 45.0 Å². The Balaban J connectivity index is 2.78. The zero-order chi connectivity index (χ0) is 5.54. The van der Waals surface area contributed by atoms with Crippen LogP contribution in [0.5, 0.6) is 0 Å². The highest BCUT2D eigenvalue weighted by atomic mass is 16.5. The van der Waals surface area contributed by atoms with Crippen molar-refractivity contribution in [3.8, 4) is 0 Å². The van der Waals surface area contributed by atoms with Gasteiger partial charge in [0.15, 0.2) is 0 Å². The van der Waals surface area contributed by atoms with Gasteiger partial charge in [-0.3, -0.25) is 0 Å². The van der Waals surface area contributed by atoms with Crippen LogP contribution in [0.1, 0.15) is 13.3 Å². The van der Waals surface area contributed by atoms with Crippen molar-refractivity contribution in [2.45, 2.75) is 13.3 Å². The minimum Gasteiger partial charge on any atom is -0.381 e.